The van der Waals surface area contributed by atoms with Crippen LogP contribution in [-0.2, 0) is 14.8 Å². The third kappa shape index (κ3) is 3.44. The van der Waals surface area contributed by atoms with Crippen LogP contribution in [-0.4, -0.2) is 49.8 Å². The number of aliphatic imine (C=N–C) groups is 1. The first-order valence-electron chi connectivity index (χ1n) is 6.89. The predicted molar refractivity (Wildman–Crippen MR) is 86.7 cm³/mol. The minimum absolute atomic E-state index is 0.143. The third-order valence-corrected chi connectivity index (χ3v) is 5.75. The molecular formula is C14H18N2O4S2. The molecule has 2 rings (SSSR count). The van der Waals surface area contributed by atoms with Gasteiger partial charge in [0.25, 0.3) is 10.0 Å². The van der Waals surface area contributed by atoms with Crippen molar-refractivity contribution in [2.24, 2.45) is 4.99 Å². The molecule has 0 unspecified atom stereocenters. The number of ether oxygens (including phenoxy) is 1. The number of hydrogen-bond donors (Lipinski definition) is 0. The van der Waals surface area contributed by atoms with Crippen molar-refractivity contribution < 1.29 is 17.9 Å². The molecule has 120 valence electrons. The van der Waals surface area contributed by atoms with Crippen molar-refractivity contribution in [1.82, 2.24) is 4.31 Å². The van der Waals surface area contributed by atoms with E-state index in [-0.39, 0.29) is 11.5 Å². The molecule has 1 aliphatic heterocycles. The van der Waals surface area contributed by atoms with Crippen LogP contribution in [0.25, 0.3) is 0 Å². The Hall–Kier alpha value is -1.54. The van der Waals surface area contributed by atoms with Crippen LogP contribution >= 0.6 is 11.8 Å². The van der Waals surface area contributed by atoms with Gasteiger partial charge >= 0.3 is 5.97 Å². The van der Waals surface area contributed by atoms with Gasteiger partial charge in [0.15, 0.2) is 5.17 Å². The number of carbonyl (C=O) groups excluding carboxylic acids is 1. The number of hydrogen-bond acceptors (Lipinski definition) is 6. The number of amidine groups is 1. The maximum absolute atomic E-state index is 12.7. The van der Waals surface area contributed by atoms with E-state index in [4.69, 9.17) is 4.74 Å². The maximum atomic E-state index is 12.7. The van der Waals surface area contributed by atoms with E-state index in [2.05, 4.69) is 4.99 Å². The number of benzene rings is 1. The second-order valence-electron chi connectivity index (χ2n) is 4.54. The minimum atomic E-state index is -3.65. The lowest BCUT2D eigenvalue weighted by Crippen LogP contribution is -2.38. The van der Waals surface area contributed by atoms with Gasteiger partial charge in [-0.25, -0.2) is 17.5 Å². The lowest BCUT2D eigenvalue weighted by molar-refractivity contribution is 0.0526. The fraction of sp³-hybridized carbons (Fsp3) is 0.429. The highest BCUT2D eigenvalue weighted by Crippen LogP contribution is 2.22. The topological polar surface area (TPSA) is 76.0 Å². The summed E-state index contributed by atoms with van der Waals surface area (Å²) in [6.07, 6.45) is 2.50. The van der Waals surface area contributed by atoms with Crippen molar-refractivity contribution in [3.8, 4) is 0 Å². The van der Waals surface area contributed by atoms with E-state index in [0.717, 1.165) is 0 Å². The Balaban J connectivity index is 2.28. The van der Waals surface area contributed by atoms with E-state index < -0.39 is 16.0 Å². The Morgan fingerprint density at radius 2 is 2.05 bits per heavy atom. The Labute approximate surface area is 134 Å². The summed E-state index contributed by atoms with van der Waals surface area (Å²) < 4.78 is 31.6. The van der Waals surface area contributed by atoms with Gasteiger partial charge in [-0.05, 0) is 43.9 Å². The Morgan fingerprint density at radius 3 is 2.64 bits per heavy atom. The predicted octanol–water partition coefficient (Wildman–Crippen LogP) is 1.98. The van der Waals surface area contributed by atoms with Crippen LogP contribution in [0, 0.1) is 0 Å². The zero-order chi connectivity index (χ0) is 16.2. The summed E-state index contributed by atoms with van der Waals surface area (Å²) >= 11 is 1.31. The zero-order valence-corrected chi connectivity index (χ0v) is 14.1. The fourth-order valence-corrected chi connectivity index (χ4v) is 4.46. The minimum Gasteiger partial charge on any atom is -0.462 e. The highest BCUT2D eigenvalue weighted by atomic mass is 32.2. The van der Waals surface area contributed by atoms with Crippen LogP contribution in [0.4, 0.5) is 0 Å². The van der Waals surface area contributed by atoms with Crippen LogP contribution in [0.1, 0.15) is 23.7 Å². The molecule has 22 heavy (non-hydrogen) atoms. The van der Waals surface area contributed by atoms with Crippen molar-refractivity contribution >= 4 is 32.9 Å². The number of nitrogens with zero attached hydrogens (tertiary/aromatic N) is 2. The number of esters is 1. The van der Waals surface area contributed by atoms with E-state index >= 15 is 0 Å². The quantitative estimate of drug-likeness (QED) is 0.782. The van der Waals surface area contributed by atoms with Gasteiger partial charge in [0, 0.05) is 13.1 Å². The molecule has 0 radical (unpaired) electrons. The normalized spacial score (nSPS) is 15.4. The van der Waals surface area contributed by atoms with Crippen LogP contribution < -0.4 is 0 Å². The number of rotatable bonds is 4. The molecule has 1 aromatic rings. The van der Waals surface area contributed by atoms with E-state index in [0.29, 0.717) is 30.2 Å². The second-order valence-corrected chi connectivity index (χ2v) is 7.18. The Morgan fingerprint density at radius 1 is 1.36 bits per heavy atom. The summed E-state index contributed by atoms with van der Waals surface area (Å²) in [6.45, 7) is 3.06. The van der Waals surface area contributed by atoms with E-state index in [1.807, 2.05) is 0 Å². The summed E-state index contributed by atoms with van der Waals surface area (Å²) in [5, 5.41) is 0.501. The van der Waals surface area contributed by atoms with Gasteiger partial charge in [-0.15, -0.1) is 0 Å². The van der Waals surface area contributed by atoms with Crippen molar-refractivity contribution in [1.29, 1.82) is 0 Å². The molecule has 6 nitrogen and oxygen atoms in total. The van der Waals surface area contributed by atoms with Gasteiger partial charge < -0.3 is 4.74 Å². The lowest BCUT2D eigenvalue weighted by atomic mass is 10.2. The van der Waals surface area contributed by atoms with E-state index in [9.17, 15) is 13.2 Å². The van der Waals surface area contributed by atoms with E-state index in [1.165, 1.54) is 40.3 Å². The molecule has 0 aromatic heterocycles. The number of sulfonamides is 1. The molecule has 0 atom stereocenters. The molecule has 8 heteroatoms. The Kier molecular flexibility index (Phi) is 5.47. The summed E-state index contributed by atoms with van der Waals surface area (Å²) in [5.74, 6) is -0.462. The maximum Gasteiger partial charge on any atom is 0.338 e. The molecule has 0 saturated carbocycles. The molecule has 0 fully saturated rings. The van der Waals surface area contributed by atoms with Gasteiger partial charge in [-0.3, -0.25) is 4.99 Å². The molecule has 0 aliphatic carbocycles. The second kappa shape index (κ2) is 7.15. The van der Waals surface area contributed by atoms with Gasteiger partial charge in [-0.1, -0.05) is 11.8 Å². The van der Waals surface area contributed by atoms with Crippen molar-refractivity contribution in [2.75, 3.05) is 26.0 Å². The smallest absolute Gasteiger partial charge is 0.338 e. The number of thioether (sulfide) groups is 1. The standard InChI is InChI=1S/C14H18N2O4S2/c1-3-20-13(17)11-5-7-12(8-6-11)22(18,19)16-10-4-9-15-14(16)21-2/h5-8H,3-4,9-10H2,1-2H3. The zero-order valence-electron chi connectivity index (χ0n) is 12.5. The van der Waals surface area contributed by atoms with Crippen LogP contribution in [0.5, 0.6) is 0 Å². The third-order valence-electron chi connectivity index (χ3n) is 3.12. The Bertz CT molecular complexity index is 669. The summed E-state index contributed by atoms with van der Waals surface area (Å²) in [5.41, 5.74) is 0.332. The van der Waals surface area contributed by atoms with Crippen LogP contribution in [0.3, 0.4) is 0 Å². The molecule has 0 bridgehead atoms. The molecule has 0 N–H and O–H groups in total. The van der Waals surface area contributed by atoms with Gasteiger partial charge in [0.1, 0.15) is 0 Å². The first-order chi connectivity index (χ1) is 10.5. The average Bonchev–Trinajstić information content (AvgIpc) is 2.55. The lowest BCUT2D eigenvalue weighted by Gasteiger charge is -2.27. The van der Waals surface area contributed by atoms with Gasteiger partial charge in [-0.2, -0.15) is 0 Å². The van der Waals surface area contributed by atoms with Gasteiger partial charge in [0.2, 0.25) is 0 Å². The highest BCUT2D eigenvalue weighted by Gasteiger charge is 2.29. The van der Waals surface area contributed by atoms with E-state index in [1.54, 1.807) is 13.2 Å². The molecule has 1 heterocycles. The molecular weight excluding hydrogens is 324 g/mol. The first-order valence-corrected chi connectivity index (χ1v) is 9.55. The summed E-state index contributed by atoms with van der Waals surface area (Å²) in [7, 11) is -3.65. The van der Waals surface area contributed by atoms with Gasteiger partial charge in [0.05, 0.1) is 17.1 Å². The average molecular weight is 342 g/mol. The molecule has 1 aliphatic rings. The summed E-state index contributed by atoms with van der Waals surface area (Å²) in [6, 6.07) is 5.78. The molecule has 0 amide bonds. The van der Waals surface area contributed by atoms with Crippen LogP contribution in [0.2, 0.25) is 0 Å². The number of carbonyl (C=O) groups is 1. The largest absolute Gasteiger partial charge is 0.462 e. The van der Waals surface area contributed by atoms with Crippen molar-refractivity contribution in [2.45, 2.75) is 18.2 Å². The van der Waals surface area contributed by atoms with Crippen molar-refractivity contribution in [3.63, 3.8) is 0 Å². The monoisotopic (exact) mass is 342 g/mol. The van der Waals surface area contributed by atoms with Crippen LogP contribution in [0.15, 0.2) is 34.2 Å². The summed E-state index contributed by atoms with van der Waals surface area (Å²) in [4.78, 5) is 16.0. The fourth-order valence-electron chi connectivity index (χ4n) is 2.06. The highest BCUT2D eigenvalue weighted by molar-refractivity contribution is 8.14. The first kappa shape index (κ1) is 16.8. The molecule has 1 aromatic carbocycles. The SMILES string of the molecule is CCOC(=O)c1ccc(S(=O)(=O)N2CCCN=C2SC)cc1. The molecule has 0 saturated heterocycles. The molecule has 0 spiro atoms. The van der Waals surface area contributed by atoms with Crippen molar-refractivity contribution in [3.05, 3.63) is 29.8 Å².